The zero-order valence-corrected chi connectivity index (χ0v) is 29.2. The largest absolute Gasteiger partial charge is 0.489 e. The van der Waals surface area contributed by atoms with Crippen LogP contribution in [0.2, 0.25) is 0 Å². The second-order valence-electron chi connectivity index (χ2n) is 12.3. The standard InChI is InChI=1S/C42H48N2O6/c1-8-21-46-30-17-18-33(35(28-30)47-22-9-2)38-40-32(19-20-43(6)7)31-15-13-14-16-34(31)44(40)39(41(38)45)29-26-36(48-23-10-3)42(50-25-12-5)37(27-29)49-24-11-4/h8-18,26-28,38-39,41,45H,1-5,19-25H2,6-7H3/t38-,39-,41-/m0/s1. The Kier molecular flexibility index (Phi) is 12.3. The van der Waals surface area contributed by atoms with Crippen LogP contribution in [0.15, 0.2) is 118 Å². The molecule has 1 aliphatic heterocycles. The van der Waals surface area contributed by atoms with Gasteiger partial charge in [-0.1, -0.05) is 87.5 Å². The molecule has 0 saturated carbocycles. The van der Waals surface area contributed by atoms with E-state index in [9.17, 15) is 5.11 Å². The van der Waals surface area contributed by atoms with Gasteiger partial charge in [-0.15, -0.1) is 0 Å². The van der Waals surface area contributed by atoms with Crippen molar-refractivity contribution in [3.63, 3.8) is 0 Å². The van der Waals surface area contributed by atoms with Crippen molar-refractivity contribution in [2.45, 2.75) is 24.5 Å². The Labute approximate surface area is 295 Å². The number of hydrogen-bond acceptors (Lipinski definition) is 7. The number of benzene rings is 3. The smallest absolute Gasteiger partial charge is 0.203 e. The van der Waals surface area contributed by atoms with Crippen molar-refractivity contribution in [3.05, 3.63) is 140 Å². The van der Waals surface area contributed by atoms with E-state index in [-0.39, 0.29) is 19.8 Å². The van der Waals surface area contributed by atoms with Crippen molar-refractivity contribution in [2.75, 3.05) is 53.7 Å². The highest BCUT2D eigenvalue weighted by atomic mass is 16.5. The van der Waals surface area contributed by atoms with Crippen molar-refractivity contribution in [2.24, 2.45) is 0 Å². The van der Waals surface area contributed by atoms with Crippen LogP contribution in [0.1, 0.15) is 34.3 Å². The Morgan fingerprint density at radius 1 is 0.720 bits per heavy atom. The number of para-hydroxylation sites is 1. The zero-order chi connectivity index (χ0) is 35.6. The molecule has 0 bridgehead atoms. The number of aliphatic hydroxyl groups is 1. The monoisotopic (exact) mass is 676 g/mol. The first-order valence-electron chi connectivity index (χ1n) is 16.8. The SMILES string of the molecule is C=CCOc1ccc([C@H]2c3c(CCN(C)C)c4ccccc4n3[C@@H](c3cc(OCC=C)c(OCC=C)c(OCC=C)c3)[C@H]2O)c(OCC=C)c1. The molecule has 0 amide bonds. The van der Waals surface area contributed by atoms with E-state index in [0.29, 0.717) is 42.0 Å². The molecule has 1 N–H and O–H groups in total. The van der Waals surface area contributed by atoms with Crippen LogP contribution in [0.5, 0.6) is 28.7 Å². The van der Waals surface area contributed by atoms with E-state index in [1.165, 1.54) is 5.56 Å². The maximum atomic E-state index is 12.7. The van der Waals surface area contributed by atoms with Crippen LogP contribution in [0, 0.1) is 0 Å². The maximum Gasteiger partial charge on any atom is 0.203 e. The molecule has 4 aromatic rings. The van der Waals surface area contributed by atoms with Gasteiger partial charge in [0.1, 0.15) is 44.5 Å². The summed E-state index contributed by atoms with van der Waals surface area (Å²) in [4.78, 5) is 2.18. The molecule has 1 aliphatic rings. The average molecular weight is 677 g/mol. The molecular formula is C42H48N2O6. The normalized spacial score (nSPS) is 16.4. The molecule has 8 nitrogen and oxygen atoms in total. The molecule has 2 heterocycles. The Morgan fingerprint density at radius 3 is 1.92 bits per heavy atom. The van der Waals surface area contributed by atoms with Gasteiger partial charge in [0.2, 0.25) is 5.75 Å². The van der Waals surface area contributed by atoms with Crippen molar-refractivity contribution in [1.29, 1.82) is 0 Å². The van der Waals surface area contributed by atoms with Gasteiger partial charge in [-0.05, 0) is 55.9 Å². The number of aliphatic hydroxyl groups excluding tert-OH is 1. The molecule has 0 saturated heterocycles. The lowest BCUT2D eigenvalue weighted by Gasteiger charge is -2.26. The summed E-state index contributed by atoms with van der Waals surface area (Å²) in [6.07, 6.45) is 8.31. The van der Waals surface area contributed by atoms with Gasteiger partial charge < -0.3 is 38.3 Å². The highest BCUT2D eigenvalue weighted by Gasteiger charge is 2.46. The van der Waals surface area contributed by atoms with Crippen LogP contribution in [0.4, 0.5) is 0 Å². The number of likely N-dealkylation sites (N-methyl/N-ethyl adjacent to an activating group) is 1. The molecule has 8 heteroatoms. The highest BCUT2D eigenvalue weighted by molar-refractivity contribution is 5.87. The van der Waals surface area contributed by atoms with Gasteiger partial charge in [-0.3, -0.25) is 0 Å². The van der Waals surface area contributed by atoms with Crippen molar-refractivity contribution in [1.82, 2.24) is 9.47 Å². The number of fused-ring (bicyclic) bond motifs is 3. The Morgan fingerprint density at radius 2 is 1.30 bits per heavy atom. The number of nitrogens with zero attached hydrogens (tertiary/aromatic N) is 2. The average Bonchev–Trinajstić information content (AvgIpc) is 3.59. The van der Waals surface area contributed by atoms with Gasteiger partial charge in [0.15, 0.2) is 11.5 Å². The summed E-state index contributed by atoms with van der Waals surface area (Å²) in [5, 5.41) is 13.9. The lowest BCUT2D eigenvalue weighted by Crippen LogP contribution is -2.23. The summed E-state index contributed by atoms with van der Waals surface area (Å²) < 4.78 is 32.9. The quantitative estimate of drug-likeness (QED) is 0.0964. The molecular weight excluding hydrogens is 628 g/mol. The maximum absolute atomic E-state index is 12.7. The van der Waals surface area contributed by atoms with Gasteiger partial charge in [0, 0.05) is 34.8 Å². The molecule has 3 atom stereocenters. The minimum atomic E-state index is -0.904. The lowest BCUT2D eigenvalue weighted by molar-refractivity contribution is 0.138. The summed E-state index contributed by atoms with van der Waals surface area (Å²) in [6.45, 7) is 21.4. The summed E-state index contributed by atoms with van der Waals surface area (Å²) in [7, 11) is 4.14. The number of ether oxygens (including phenoxy) is 5. The predicted octanol–water partition coefficient (Wildman–Crippen LogP) is 7.67. The molecule has 262 valence electrons. The predicted molar refractivity (Wildman–Crippen MR) is 202 cm³/mol. The second-order valence-corrected chi connectivity index (χ2v) is 12.3. The first-order valence-corrected chi connectivity index (χ1v) is 16.8. The van der Waals surface area contributed by atoms with Crippen molar-refractivity contribution >= 4 is 10.9 Å². The summed E-state index contributed by atoms with van der Waals surface area (Å²) in [5.41, 5.74) is 4.88. The fraction of sp³-hybridized carbons (Fsp3) is 0.286. The summed E-state index contributed by atoms with van der Waals surface area (Å²) in [6, 6.07) is 17.5. The summed E-state index contributed by atoms with van der Waals surface area (Å²) >= 11 is 0. The van der Waals surface area contributed by atoms with E-state index in [1.807, 2.05) is 36.4 Å². The Bertz CT molecular complexity index is 1810. The summed E-state index contributed by atoms with van der Waals surface area (Å²) in [5.74, 6) is 2.20. The molecule has 50 heavy (non-hydrogen) atoms. The first-order chi connectivity index (χ1) is 24.4. The van der Waals surface area contributed by atoms with Gasteiger partial charge >= 0.3 is 0 Å². The van der Waals surface area contributed by atoms with Crippen molar-refractivity contribution in [3.8, 4) is 28.7 Å². The van der Waals surface area contributed by atoms with Crippen LogP contribution in [-0.2, 0) is 6.42 Å². The minimum absolute atomic E-state index is 0.251. The number of hydrogen-bond donors (Lipinski definition) is 1. The Balaban J connectivity index is 1.79. The molecule has 0 aliphatic carbocycles. The molecule has 3 aromatic carbocycles. The van der Waals surface area contributed by atoms with E-state index < -0.39 is 18.1 Å². The van der Waals surface area contributed by atoms with Crippen LogP contribution in [0.3, 0.4) is 0 Å². The van der Waals surface area contributed by atoms with Gasteiger partial charge in [-0.2, -0.15) is 0 Å². The van der Waals surface area contributed by atoms with Gasteiger partial charge in [0.05, 0.1) is 18.1 Å². The van der Waals surface area contributed by atoms with E-state index >= 15 is 0 Å². The van der Waals surface area contributed by atoms with Gasteiger partial charge in [-0.25, -0.2) is 0 Å². The van der Waals surface area contributed by atoms with E-state index in [0.717, 1.165) is 40.7 Å². The third-order valence-electron chi connectivity index (χ3n) is 8.59. The molecule has 0 radical (unpaired) electrons. The molecule has 0 spiro atoms. The van der Waals surface area contributed by atoms with Crippen LogP contribution < -0.4 is 23.7 Å². The van der Waals surface area contributed by atoms with E-state index in [4.69, 9.17) is 23.7 Å². The minimum Gasteiger partial charge on any atom is -0.489 e. The third-order valence-corrected chi connectivity index (χ3v) is 8.59. The van der Waals surface area contributed by atoms with Crippen LogP contribution >= 0.6 is 0 Å². The number of aromatic nitrogens is 1. The van der Waals surface area contributed by atoms with Crippen LogP contribution in [-0.4, -0.2) is 74.4 Å². The zero-order valence-electron chi connectivity index (χ0n) is 29.2. The number of rotatable bonds is 20. The molecule has 0 unspecified atom stereocenters. The molecule has 5 rings (SSSR count). The van der Waals surface area contributed by atoms with Crippen molar-refractivity contribution < 1.29 is 28.8 Å². The second kappa shape index (κ2) is 17.0. The van der Waals surface area contributed by atoms with E-state index in [2.05, 4.69) is 74.7 Å². The highest BCUT2D eigenvalue weighted by Crippen LogP contribution is 2.53. The Hall–Kier alpha value is -5.18. The first kappa shape index (κ1) is 36.1. The van der Waals surface area contributed by atoms with Crippen LogP contribution in [0.25, 0.3) is 10.9 Å². The molecule has 1 aromatic heterocycles. The topological polar surface area (TPSA) is 74.6 Å². The molecule has 0 fully saturated rings. The third kappa shape index (κ3) is 7.52. The fourth-order valence-corrected chi connectivity index (χ4v) is 6.62. The lowest BCUT2D eigenvalue weighted by atomic mass is 9.85. The van der Waals surface area contributed by atoms with Gasteiger partial charge in [0.25, 0.3) is 0 Å². The fourth-order valence-electron chi connectivity index (χ4n) is 6.62. The van der Waals surface area contributed by atoms with E-state index in [1.54, 1.807) is 30.4 Å².